The second-order valence-electron chi connectivity index (χ2n) is 6.26. The topological polar surface area (TPSA) is 72.9 Å². The van der Waals surface area contributed by atoms with Crippen molar-refractivity contribution in [3.8, 4) is 0 Å². The molecule has 0 amide bonds. The summed E-state index contributed by atoms with van der Waals surface area (Å²) in [4.78, 5) is 6.55. The predicted octanol–water partition coefficient (Wildman–Crippen LogP) is 2.26. The van der Waals surface area contributed by atoms with Crippen molar-refractivity contribution in [2.75, 3.05) is 18.0 Å². The lowest BCUT2D eigenvalue weighted by atomic mass is 10.1. The first-order valence-corrected chi connectivity index (χ1v) is 8.92. The van der Waals surface area contributed by atoms with E-state index < -0.39 is 12.2 Å². The molecule has 2 aromatic heterocycles. The standard InChI is InChI=1S/C16H18F2N6S/c1-9-21-22-15(25-9)8-24-14-3-2-10(17)6-13(14)20-16(24)23-5-4-11(18)12(19)7-23/h2-3,6,11-12H,4-5,7-8,19H2,1H3/t11?,12-/m1/s1. The highest BCUT2D eigenvalue weighted by atomic mass is 32.1. The summed E-state index contributed by atoms with van der Waals surface area (Å²) in [6.45, 7) is 3.28. The average Bonchev–Trinajstić information content (AvgIpc) is 3.14. The summed E-state index contributed by atoms with van der Waals surface area (Å²) in [5.41, 5.74) is 7.26. The molecular weight excluding hydrogens is 346 g/mol. The van der Waals surface area contributed by atoms with Gasteiger partial charge in [0.25, 0.3) is 0 Å². The Labute approximate surface area is 147 Å². The Morgan fingerprint density at radius 1 is 1.36 bits per heavy atom. The maximum absolute atomic E-state index is 13.7. The van der Waals surface area contributed by atoms with Crippen LogP contribution in [0, 0.1) is 12.7 Å². The Morgan fingerprint density at radius 3 is 2.92 bits per heavy atom. The average molecular weight is 364 g/mol. The number of hydrogen-bond donors (Lipinski definition) is 1. The Balaban J connectivity index is 1.77. The highest BCUT2D eigenvalue weighted by Crippen LogP contribution is 2.28. The molecule has 1 aromatic carbocycles. The lowest BCUT2D eigenvalue weighted by Gasteiger charge is -2.34. The third-order valence-corrected chi connectivity index (χ3v) is 5.23. The minimum Gasteiger partial charge on any atom is -0.340 e. The molecule has 1 aliphatic rings. The van der Waals surface area contributed by atoms with Gasteiger partial charge in [-0.05, 0) is 25.5 Å². The van der Waals surface area contributed by atoms with Crippen molar-refractivity contribution in [3.05, 3.63) is 34.0 Å². The maximum Gasteiger partial charge on any atom is 0.207 e. The van der Waals surface area contributed by atoms with Crippen molar-refractivity contribution >= 4 is 28.3 Å². The summed E-state index contributed by atoms with van der Waals surface area (Å²) < 4.78 is 29.3. The number of alkyl halides is 1. The van der Waals surface area contributed by atoms with Crippen molar-refractivity contribution in [2.45, 2.75) is 32.1 Å². The number of hydrogen-bond acceptors (Lipinski definition) is 6. The predicted molar refractivity (Wildman–Crippen MR) is 93.1 cm³/mol. The molecule has 3 aromatic rings. The van der Waals surface area contributed by atoms with E-state index >= 15 is 0 Å². The molecule has 1 fully saturated rings. The zero-order valence-electron chi connectivity index (χ0n) is 13.7. The molecule has 1 unspecified atom stereocenters. The number of halogens is 2. The molecule has 9 heteroatoms. The van der Waals surface area contributed by atoms with E-state index in [-0.39, 0.29) is 5.82 Å². The number of piperidine rings is 1. The van der Waals surface area contributed by atoms with Crippen LogP contribution in [0.15, 0.2) is 18.2 Å². The number of nitrogens with two attached hydrogens (primary N) is 1. The van der Waals surface area contributed by atoms with E-state index in [0.717, 1.165) is 15.5 Å². The Hall–Kier alpha value is -2.13. The number of fused-ring (bicyclic) bond motifs is 1. The van der Waals surface area contributed by atoms with Gasteiger partial charge in [-0.15, -0.1) is 10.2 Å². The summed E-state index contributed by atoms with van der Waals surface area (Å²) in [7, 11) is 0. The highest BCUT2D eigenvalue weighted by Gasteiger charge is 2.29. The van der Waals surface area contributed by atoms with E-state index in [9.17, 15) is 8.78 Å². The van der Waals surface area contributed by atoms with Crippen LogP contribution in [-0.4, -0.2) is 45.1 Å². The molecule has 0 spiro atoms. The minimum atomic E-state index is -1.00. The van der Waals surface area contributed by atoms with Gasteiger partial charge in [0.1, 0.15) is 22.0 Å². The molecule has 0 bridgehead atoms. The van der Waals surface area contributed by atoms with E-state index in [1.54, 1.807) is 6.07 Å². The lowest BCUT2D eigenvalue weighted by molar-refractivity contribution is 0.243. The van der Waals surface area contributed by atoms with E-state index in [0.29, 0.717) is 37.5 Å². The van der Waals surface area contributed by atoms with Gasteiger partial charge in [-0.2, -0.15) is 0 Å². The van der Waals surface area contributed by atoms with E-state index in [2.05, 4.69) is 15.2 Å². The van der Waals surface area contributed by atoms with Gasteiger partial charge in [-0.25, -0.2) is 13.8 Å². The number of imidazole rings is 1. The van der Waals surface area contributed by atoms with Gasteiger partial charge in [-0.1, -0.05) is 11.3 Å². The van der Waals surface area contributed by atoms with Crippen LogP contribution in [-0.2, 0) is 6.54 Å². The number of rotatable bonds is 3. The first-order valence-electron chi connectivity index (χ1n) is 8.10. The van der Waals surface area contributed by atoms with Crippen LogP contribution < -0.4 is 10.6 Å². The fourth-order valence-electron chi connectivity index (χ4n) is 3.16. The van der Waals surface area contributed by atoms with Crippen LogP contribution in [0.4, 0.5) is 14.7 Å². The van der Waals surface area contributed by atoms with E-state index in [1.165, 1.54) is 23.5 Å². The van der Waals surface area contributed by atoms with Gasteiger partial charge in [0.2, 0.25) is 5.95 Å². The molecule has 2 N–H and O–H groups in total. The quantitative estimate of drug-likeness (QED) is 0.772. The number of anilines is 1. The summed E-state index contributed by atoms with van der Waals surface area (Å²) in [5.74, 6) is 0.324. The zero-order chi connectivity index (χ0) is 17.6. The lowest BCUT2D eigenvalue weighted by Crippen LogP contribution is -2.50. The molecule has 1 saturated heterocycles. The summed E-state index contributed by atoms with van der Waals surface area (Å²) in [5, 5.41) is 9.94. The molecular formula is C16H18F2N6S. The molecule has 25 heavy (non-hydrogen) atoms. The number of aryl methyl sites for hydroxylation is 1. The molecule has 2 atom stereocenters. The maximum atomic E-state index is 13.7. The van der Waals surface area contributed by atoms with Crippen LogP contribution in [0.1, 0.15) is 16.4 Å². The molecule has 0 saturated carbocycles. The van der Waals surface area contributed by atoms with Crippen LogP contribution in [0.3, 0.4) is 0 Å². The van der Waals surface area contributed by atoms with Gasteiger partial charge < -0.3 is 15.2 Å². The van der Waals surface area contributed by atoms with E-state index in [4.69, 9.17) is 5.73 Å². The zero-order valence-corrected chi connectivity index (χ0v) is 14.5. The smallest absolute Gasteiger partial charge is 0.207 e. The second-order valence-corrected chi connectivity index (χ2v) is 7.53. The molecule has 4 rings (SSSR count). The summed E-state index contributed by atoms with van der Waals surface area (Å²) in [6.07, 6.45) is -0.645. The van der Waals surface area contributed by atoms with Gasteiger partial charge >= 0.3 is 0 Å². The third-order valence-electron chi connectivity index (χ3n) is 4.40. The Morgan fingerprint density at radius 2 is 2.20 bits per heavy atom. The Kier molecular flexibility index (Phi) is 4.12. The van der Waals surface area contributed by atoms with Crippen molar-refractivity contribution in [3.63, 3.8) is 0 Å². The molecule has 3 heterocycles. The third kappa shape index (κ3) is 3.09. The minimum absolute atomic E-state index is 0.338. The highest BCUT2D eigenvalue weighted by molar-refractivity contribution is 7.11. The number of aromatic nitrogens is 4. The van der Waals surface area contributed by atoms with Crippen molar-refractivity contribution in [2.24, 2.45) is 5.73 Å². The number of benzene rings is 1. The summed E-state index contributed by atoms with van der Waals surface area (Å²) >= 11 is 1.51. The molecule has 1 aliphatic heterocycles. The molecule has 132 valence electrons. The van der Waals surface area contributed by atoms with Gasteiger partial charge in [0.05, 0.1) is 23.6 Å². The van der Waals surface area contributed by atoms with Crippen LogP contribution in [0.5, 0.6) is 0 Å². The second kappa shape index (κ2) is 6.30. The molecule has 6 nitrogen and oxygen atoms in total. The van der Waals surface area contributed by atoms with Gasteiger partial charge in [-0.3, -0.25) is 0 Å². The van der Waals surface area contributed by atoms with E-state index in [1.807, 2.05) is 16.4 Å². The van der Waals surface area contributed by atoms with Crippen LogP contribution in [0.25, 0.3) is 11.0 Å². The van der Waals surface area contributed by atoms with Crippen LogP contribution in [0.2, 0.25) is 0 Å². The fourth-order valence-corrected chi connectivity index (χ4v) is 3.86. The van der Waals surface area contributed by atoms with Crippen molar-refractivity contribution < 1.29 is 8.78 Å². The van der Waals surface area contributed by atoms with Gasteiger partial charge in [0, 0.05) is 19.2 Å². The van der Waals surface area contributed by atoms with Crippen LogP contribution >= 0.6 is 11.3 Å². The normalized spacial score (nSPS) is 21.2. The van der Waals surface area contributed by atoms with Crippen molar-refractivity contribution in [1.82, 2.24) is 19.7 Å². The summed E-state index contributed by atoms with van der Waals surface area (Å²) in [6, 6.07) is 3.97. The first kappa shape index (κ1) is 16.3. The molecule has 0 aliphatic carbocycles. The SMILES string of the molecule is Cc1nnc(Cn2c(N3CCC(F)[C@H](N)C3)nc3cc(F)ccc32)s1. The Bertz CT molecular complexity index is 907. The first-order chi connectivity index (χ1) is 12.0. The van der Waals surface area contributed by atoms with Crippen molar-refractivity contribution in [1.29, 1.82) is 0 Å². The van der Waals surface area contributed by atoms with Gasteiger partial charge in [0.15, 0.2) is 0 Å². The monoisotopic (exact) mass is 364 g/mol. The number of nitrogens with zero attached hydrogens (tertiary/aromatic N) is 5. The fraction of sp³-hybridized carbons (Fsp3) is 0.438. The molecule has 0 radical (unpaired) electrons. The largest absolute Gasteiger partial charge is 0.340 e.